The van der Waals surface area contributed by atoms with Crippen molar-refractivity contribution in [2.45, 2.75) is 0 Å². The van der Waals surface area contributed by atoms with Gasteiger partial charge in [0.2, 0.25) is 0 Å². The molecule has 1 N–H and O–H groups in total. The molecule has 9 heteroatoms. The van der Waals surface area contributed by atoms with Gasteiger partial charge in [-0.15, -0.1) is 22.7 Å². The Hall–Kier alpha value is -4.61. The summed E-state index contributed by atoms with van der Waals surface area (Å²) >= 11 is 14.8. The molecule has 0 atom stereocenters. The van der Waals surface area contributed by atoms with Gasteiger partial charge in [-0.3, -0.25) is 0 Å². The standard InChI is InChI=1S/C30H20BrNS.C18H13NS.C12H8BrI.HI2/c31-23-14-10-21(11-15-23)22-12-16-25(17-13-22)32(24-6-2-1-3-7-24)26-18-19-28-27-8-4-5-9-29(27)33-30(28)20-26;1-2-6-13(7-3-1)19-14-10-11-16-15-8-4-5-9-17(15)20-18(16)12-14;13-11-5-1-9(2-6-11)10-3-7-12(14)8-4-10;1-2/h1-20H;1-12,19H;1-8H;1H/q;;;-1/i;;;1D. The molecule has 340 valence electrons. The van der Waals surface area contributed by atoms with E-state index in [0.29, 0.717) is 0 Å². The van der Waals surface area contributed by atoms with E-state index >= 15 is 0 Å². The van der Waals surface area contributed by atoms with Crippen molar-refractivity contribution >= 4 is 165 Å². The molecule has 2 nitrogen and oxygen atoms in total. The average Bonchev–Trinajstić information content (AvgIpc) is 3.96. The van der Waals surface area contributed by atoms with E-state index in [1.165, 1.54) is 66.2 Å². The van der Waals surface area contributed by atoms with Gasteiger partial charge in [-0.1, -0.05) is 165 Å². The third kappa shape index (κ3) is 12.3. The van der Waals surface area contributed by atoms with Crippen LogP contribution in [0.3, 0.4) is 0 Å². The number of anilines is 5. The largest absolute Gasteiger partial charge is 0.355 e. The Morgan fingerprint density at radius 1 is 0.391 bits per heavy atom. The Morgan fingerprint density at radius 3 is 1.32 bits per heavy atom. The van der Waals surface area contributed by atoms with Crippen LogP contribution in [0, 0.1) is 3.57 Å². The summed E-state index contributed by atoms with van der Waals surface area (Å²) in [6, 6.07) is 85.6. The van der Waals surface area contributed by atoms with Gasteiger partial charge in [0.15, 0.2) is 0 Å². The van der Waals surface area contributed by atoms with E-state index in [-0.39, 0.29) is 18.4 Å². The van der Waals surface area contributed by atoms with Crippen molar-refractivity contribution in [3.05, 3.63) is 255 Å². The van der Waals surface area contributed by atoms with Crippen LogP contribution in [0.4, 0.5) is 28.4 Å². The van der Waals surface area contributed by atoms with E-state index in [1.54, 1.807) is 0 Å². The molecule has 2 heterocycles. The number of benzene rings is 10. The number of nitrogens with one attached hydrogen (secondary N) is 1. The summed E-state index contributed by atoms with van der Waals surface area (Å²) in [5, 5.41) is 8.78. The van der Waals surface area contributed by atoms with E-state index in [2.05, 4.69) is 308 Å². The summed E-state index contributed by atoms with van der Waals surface area (Å²) in [5.74, 6) is 0. The van der Waals surface area contributed by atoms with Crippen molar-refractivity contribution in [2.24, 2.45) is 0 Å². The first-order chi connectivity index (χ1) is 34.3. The summed E-state index contributed by atoms with van der Waals surface area (Å²) < 4.78 is 15.1. The minimum Gasteiger partial charge on any atom is -0.355 e. The smallest absolute Gasteiger partial charge is 0.0398 e. The van der Waals surface area contributed by atoms with Gasteiger partial charge in [0.1, 0.15) is 0 Å². The van der Waals surface area contributed by atoms with Crippen molar-refractivity contribution in [3.63, 3.8) is 0 Å². The van der Waals surface area contributed by atoms with E-state index in [0.717, 1.165) is 37.4 Å². The molecule has 0 aliphatic carbocycles. The number of rotatable bonds is 7. The van der Waals surface area contributed by atoms with Crippen LogP contribution in [-0.2, 0) is 0 Å². The number of hydrogen-bond acceptors (Lipinski definition) is 4. The van der Waals surface area contributed by atoms with Crippen LogP contribution in [0.2, 0.25) is 0 Å². The summed E-state index contributed by atoms with van der Waals surface area (Å²) in [7, 11) is 0. The molecule has 2 aromatic heterocycles. The summed E-state index contributed by atoms with van der Waals surface area (Å²) in [5.41, 5.74) is 10.6. The molecule has 69 heavy (non-hydrogen) atoms. The topological polar surface area (TPSA) is 15.3 Å². The van der Waals surface area contributed by atoms with Gasteiger partial charge in [-0.05, 0) is 154 Å². The molecule has 0 aliphatic heterocycles. The summed E-state index contributed by atoms with van der Waals surface area (Å²) in [6.07, 6.45) is 0. The Morgan fingerprint density at radius 2 is 0.783 bits per heavy atom. The molecule has 0 fully saturated rings. The monoisotopic (exact) mass is 1390 g/mol. The number of para-hydroxylation sites is 2. The van der Waals surface area contributed by atoms with Crippen LogP contribution in [0.15, 0.2) is 252 Å². The van der Waals surface area contributed by atoms with Crippen molar-refractivity contribution in [1.29, 1.82) is 0.594 Å². The quantitative estimate of drug-likeness (QED) is 0.160. The second kappa shape index (κ2) is 24.0. The van der Waals surface area contributed by atoms with Crippen molar-refractivity contribution in [1.82, 2.24) is 0 Å². The fourth-order valence-corrected chi connectivity index (χ4v) is 11.3. The molecule has 0 saturated heterocycles. The maximum absolute atomic E-state index is 6.30. The zero-order chi connectivity index (χ0) is 48.2. The van der Waals surface area contributed by atoms with Crippen LogP contribution in [-0.4, -0.2) is 0.594 Å². The van der Waals surface area contributed by atoms with Gasteiger partial charge in [0.05, 0.1) is 0 Å². The third-order valence-electron chi connectivity index (χ3n) is 11.4. The normalized spacial score (nSPS) is 10.9. The summed E-state index contributed by atoms with van der Waals surface area (Å²) in [6.45, 7) is 0. The van der Waals surface area contributed by atoms with Gasteiger partial charge in [-0.25, -0.2) is 0 Å². The zero-order valence-electron chi connectivity index (χ0n) is 37.7. The maximum Gasteiger partial charge on any atom is 0.0398 e. The van der Waals surface area contributed by atoms with Gasteiger partial charge in [-0.2, -0.15) is 0 Å². The van der Waals surface area contributed by atoms with Gasteiger partial charge in [0.25, 0.3) is 0 Å². The van der Waals surface area contributed by atoms with E-state index in [9.17, 15) is 0 Å². The second-order valence-corrected chi connectivity index (χ2v) is 21.1. The molecule has 0 spiro atoms. The van der Waals surface area contributed by atoms with Crippen molar-refractivity contribution in [3.8, 4) is 22.3 Å². The van der Waals surface area contributed by atoms with E-state index < -0.39 is 0 Å². The molecule has 0 bridgehead atoms. The minimum absolute atomic E-state index is 0.190. The first-order valence-electron chi connectivity index (χ1n) is 22.3. The molecule has 0 saturated carbocycles. The maximum atomic E-state index is 6.30. The average molecular weight is 1400 g/mol. The number of thiophene rings is 2. The zero-order valence-corrected chi connectivity index (χ0v) is 48.0. The first-order valence-corrected chi connectivity index (χ1v) is 32.5. The molecule has 0 amide bonds. The first kappa shape index (κ1) is 48.0. The SMILES string of the molecule is Brc1ccc(-c2ccc(I)cc2)cc1.Brc1ccc(-c2ccc(N(c3ccccc3)c3ccc4c(c3)sc3ccccc34)cc2)cc1.[2H][I-]I.c1ccc(Nc2ccc3c(c2)sc2ccccc23)cc1. The summed E-state index contributed by atoms with van der Waals surface area (Å²) in [4.78, 5) is 2.33. The molecule has 0 aliphatic rings. The molecular formula is C60H42Br2I3N2S2-. The predicted molar refractivity (Wildman–Crippen MR) is 324 cm³/mol. The molecule has 10 aromatic carbocycles. The Kier molecular flexibility index (Phi) is 16.7. The van der Waals surface area contributed by atoms with Crippen LogP contribution < -0.4 is 28.6 Å². The van der Waals surface area contributed by atoms with E-state index in [1.807, 2.05) is 40.9 Å². The van der Waals surface area contributed by atoms with Crippen molar-refractivity contribution < 1.29 is 18.4 Å². The molecule has 12 aromatic rings. The second-order valence-electron chi connectivity index (χ2n) is 15.8. The van der Waals surface area contributed by atoms with Crippen LogP contribution in [0.1, 0.15) is 0 Å². The predicted octanol–water partition coefficient (Wildman–Crippen LogP) is 18.1. The molecular weight excluding hydrogens is 1350 g/mol. The van der Waals surface area contributed by atoms with Gasteiger partial charge < -0.3 is 10.2 Å². The van der Waals surface area contributed by atoms with Crippen LogP contribution in [0.5, 0.6) is 0 Å². The van der Waals surface area contributed by atoms with Crippen LogP contribution >= 0.6 is 95.7 Å². The number of hydrogen-bond donors (Lipinski definition) is 1. The van der Waals surface area contributed by atoms with E-state index in [4.69, 9.17) is 0.594 Å². The van der Waals surface area contributed by atoms with Gasteiger partial charge in [0, 0.05) is 81.3 Å². The Labute approximate surface area is 465 Å². The molecule has 0 unspecified atom stereocenters. The third-order valence-corrected chi connectivity index (χ3v) is 15.4. The molecule has 0 radical (unpaired) electrons. The number of halogens is 5. The fraction of sp³-hybridized carbons (Fsp3) is 0. The Balaban J connectivity index is 0.000000139. The van der Waals surface area contributed by atoms with Crippen LogP contribution in [0.25, 0.3) is 62.6 Å². The van der Waals surface area contributed by atoms with Crippen molar-refractivity contribution in [2.75, 3.05) is 10.2 Å². The van der Waals surface area contributed by atoms with Gasteiger partial charge >= 0.3 is 37.6 Å². The minimum atomic E-state index is -0.190. The fourth-order valence-electron chi connectivity index (χ4n) is 8.10. The molecule has 12 rings (SSSR count). The Bertz CT molecular complexity index is 3550. The number of nitrogens with zero attached hydrogens (tertiary/aromatic N) is 1. The number of fused-ring (bicyclic) bond motifs is 6.